The summed E-state index contributed by atoms with van der Waals surface area (Å²) >= 11 is 7.37. The lowest BCUT2D eigenvalue weighted by Crippen LogP contribution is -2.37. The second-order valence-electron chi connectivity index (χ2n) is 4.06. The van der Waals surface area contributed by atoms with Gasteiger partial charge in [-0.1, -0.05) is 11.6 Å². The second-order valence-corrected chi connectivity index (χ2v) is 5.76. The molecular weight excluding hydrogens is 230 g/mol. The fraction of sp³-hybridized carbons (Fsp3) is 0.700. The normalized spacial score (nSPS) is 23.2. The Morgan fingerprint density at radius 1 is 1.67 bits per heavy atom. The molecule has 5 heteroatoms. The minimum absolute atomic E-state index is 0.636. The number of piperidine rings is 1. The van der Waals surface area contributed by atoms with Gasteiger partial charge in [0, 0.05) is 24.2 Å². The lowest BCUT2D eigenvalue weighted by atomic mass is 9.98. The fourth-order valence-corrected chi connectivity index (χ4v) is 3.08. The zero-order chi connectivity index (χ0) is 10.7. The average Bonchev–Trinajstić information content (AvgIpc) is 2.64. The van der Waals surface area contributed by atoms with Gasteiger partial charge in [0.25, 0.3) is 0 Å². The molecule has 0 amide bonds. The van der Waals surface area contributed by atoms with Gasteiger partial charge in [-0.2, -0.15) is 0 Å². The van der Waals surface area contributed by atoms with Crippen LogP contribution in [0.2, 0.25) is 4.47 Å². The van der Waals surface area contributed by atoms with Gasteiger partial charge in [-0.3, -0.25) is 4.90 Å². The van der Waals surface area contributed by atoms with Crippen LogP contribution in [0.1, 0.15) is 17.7 Å². The summed E-state index contributed by atoms with van der Waals surface area (Å²) in [5.41, 5.74) is 5.71. The Morgan fingerprint density at radius 3 is 3.20 bits per heavy atom. The molecular formula is C10H16ClN3S. The van der Waals surface area contributed by atoms with Crippen LogP contribution in [-0.2, 0) is 6.54 Å². The van der Waals surface area contributed by atoms with Gasteiger partial charge in [0.15, 0.2) is 4.47 Å². The topological polar surface area (TPSA) is 42.1 Å². The van der Waals surface area contributed by atoms with Crippen LogP contribution in [0.15, 0.2) is 6.20 Å². The van der Waals surface area contributed by atoms with Gasteiger partial charge in [0.1, 0.15) is 0 Å². The van der Waals surface area contributed by atoms with Crippen molar-refractivity contribution < 1.29 is 0 Å². The highest BCUT2D eigenvalue weighted by Gasteiger charge is 2.19. The molecule has 2 N–H and O–H groups in total. The SMILES string of the molecule is NC[C@H]1CCCN(Cc2cnc(Cl)s2)C1. The first-order valence-corrected chi connectivity index (χ1v) is 6.50. The van der Waals surface area contributed by atoms with Crippen molar-refractivity contribution in [1.82, 2.24) is 9.88 Å². The Morgan fingerprint density at radius 2 is 2.53 bits per heavy atom. The number of hydrogen-bond acceptors (Lipinski definition) is 4. The van der Waals surface area contributed by atoms with Crippen LogP contribution in [0.3, 0.4) is 0 Å². The van der Waals surface area contributed by atoms with Crippen LogP contribution < -0.4 is 5.73 Å². The molecule has 1 saturated heterocycles. The van der Waals surface area contributed by atoms with E-state index >= 15 is 0 Å². The lowest BCUT2D eigenvalue weighted by Gasteiger charge is -2.31. The Hall–Kier alpha value is -0.160. The number of nitrogens with zero attached hydrogens (tertiary/aromatic N) is 2. The number of likely N-dealkylation sites (tertiary alicyclic amines) is 1. The zero-order valence-corrected chi connectivity index (χ0v) is 10.2. The Kier molecular flexibility index (Phi) is 3.97. The van der Waals surface area contributed by atoms with Crippen molar-refractivity contribution in [2.45, 2.75) is 19.4 Å². The highest BCUT2D eigenvalue weighted by Crippen LogP contribution is 2.22. The van der Waals surface area contributed by atoms with E-state index in [0.717, 1.165) is 19.6 Å². The molecule has 1 aliphatic rings. The summed E-state index contributed by atoms with van der Waals surface area (Å²) in [5, 5.41) is 0. The van der Waals surface area contributed by atoms with E-state index in [-0.39, 0.29) is 0 Å². The van der Waals surface area contributed by atoms with Crippen LogP contribution in [0.4, 0.5) is 0 Å². The van der Waals surface area contributed by atoms with Gasteiger partial charge >= 0.3 is 0 Å². The molecule has 0 radical (unpaired) electrons. The van der Waals surface area contributed by atoms with Crippen molar-refractivity contribution >= 4 is 22.9 Å². The molecule has 0 unspecified atom stereocenters. The molecule has 15 heavy (non-hydrogen) atoms. The minimum atomic E-state index is 0.636. The molecule has 1 atom stereocenters. The summed E-state index contributed by atoms with van der Waals surface area (Å²) < 4.78 is 0.636. The summed E-state index contributed by atoms with van der Waals surface area (Å²) in [5.74, 6) is 0.669. The number of thiazole rings is 1. The minimum Gasteiger partial charge on any atom is -0.330 e. The van der Waals surface area contributed by atoms with E-state index in [1.165, 1.54) is 24.3 Å². The fourth-order valence-electron chi connectivity index (χ4n) is 2.06. The molecule has 1 aromatic heterocycles. The first kappa shape index (κ1) is 11.3. The van der Waals surface area contributed by atoms with Crippen molar-refractivity contribution in [3.05, 3.63) is 15.5 Å². The zero-order valence-electron chi connectivity index (χ0n) is 8.66. The van der Waals surface area contributed by atoms with E-state index in [4.69, 9.17) is 17.3 Å². The van der Waals surface area contributed by atoms with Crippen molar-refractivity contribution in [2.75, 3.05) is 19.6 Å². The predicted molar refractivity (Wildman–Crippen MR) is 64.2 cm³/mol. The highest BCUT2D eigenvalue weighted by molar-refractivity contribution is 7.15. The average molecular weight is 246 g/mol. The van der Waals surface area contributed by atoms with E-state index in [1.807, 2.05) is 6.20 Å². The molecule has 0 spiro atoms. The predicted octanol–water partition coefficient (Wildman–Crippen LogP) is 1.97. The first-order valence-electron chi connectivity index (χ1n) is 5.30. The van der Waals surface area contributed by atoms with Crippen LogP contribution >= 0.6 is 22.9 Å². The maximum absolute atomic E-state index is 5.80. The molecule has 0 bridgehead atoms. The Balaban J connectivity index is 1.88. The molecule has 3 nitrogen and oxygen atoms in total. The van der Waals surface area contributed by atoms with Crippen molar-refractivity contribution in [3.63, 3.8) is 0 Å². The Bertz CT molecular complexity index is 315. The summed E-state index contributed by atoms with van der Waals surface area (Å²) in [4.78, 5) is 7.75. The second kappa shape index (κ2) is 5.25. The number of hydrogen-bond donors (Lipinski definition) is 1. The van der Waals surface area contributed by atoms with Crippen LogP contribution in [-0.4, -0.2) is 29.5 Å². The molecule has 1 fully saturated rings. The number of rotatable bonds is 3. The van der Waals surface area contributed by atoms with Gasteiger partial charge in [-0.25, -0.2) is 4.98 Å². The molecule has 0 aromatic carbocycles. The van der Waals surface area contributed by atoms with E-state index in [1.54, 1.807) is 11.3 Å². The van der Waals surface area contributed by atoms with Crippen molar-refractivity contribution in [3.8, 4) is 0 Å². The summed E-state index contributed by atoms with van der Waals surface area (Å²) in [7, 11) is 0. The number of halogens is 1. The number of aromatic nitrogens is 1. The van der Waals surface area contributed by atoms with Gasteiger partial charge in [0.05, 0.1) is 0 Å². The van der Waals surface area contributed by atoms with Crippen molar-refractivity contribution in [2.24, 2.45) is 11.7 Å². The maximum Gasteiger partial charge on any atom is 0.183 e. The lowest BCUT2D eigenvalue weighted by molar-refractivity contribution is 0.172. The van der Waals surface area contributed by atoms with Crippen LogP contribution in [0.25, 0.3) is 0 Å². The monoisotopic (exact) mass is 245 g/mol. The molecule has 2 rings (SSSR count). The third-order valence-electron chi connectivity index (χ3n) is 2.84. The molecule has 2 heterocycles. The Labute approximate surface area is 99.2 Å². The van der Waals surface area contributed by atoms with Crippen LogP contribution in [0, 0.1) is 5.92 Å². The molecule has 1 aliphatic heterocycles. The number of nitrogens with two attached hydrogens (primary N) is 1. The summed E-state index contributed by atoms with van der Waals surface area (Å²) in [6.07, 6.45) is 4.41. The highest BCUT2D eigenvalue weighted by atomic mass is 35.5. The van der Waals surface area contributed by atoms with Gasteiger partial charge < -0.3 is 5.73 Å². The smallest absolute Gasteiger partial charge is 0.183 e. The summed E-state index contributed by atoms with van der Waals surface area (Å²) in [6.45, 7) is 4.07. The first-order chi connectivity index (χ1) is 7.28. The van der Waals surface area contributed by atoms with Gasteiger partial charge in [-0.05, 0) is 31.8 Å². The molecule has 0 aliphatic carbocycles. The molecule has 0 saturated carbocycles. The van der Waals surface area contributed by atoms with E-state index < -0.39 is 0 Å². The van der Waals surface area contributed by atoms with Crippen LogP contribution in [0.5, 0.6) is 0 Å². The van der Waals surface area contributed by atoms with E-state index in [2.05, 4.69) is 9.88 Å². The third kappa shape index (κ3) is 3.14. The molecule has 84 valence electrons. The maximum atomic E-state index is 5.80. The van der Waals surface area contributed by atoms with Crippen molar-refractivity contribution in [1.29, 1.82) is 0 Å². The summed E-state index contributed by atoms with van der Waals surface area (Å²) in [6, 6.07) is 0. The van der Waals surface area contributed by atoms with Gasteiger partial charge in [-0.15, -0.1) is 11.3 Å². The quantitative estimate of drug-likeness (QED) is 0.886. The van der Waals surface area contributed by atoms with E-state index in [0.29, 0.717) is 10.4 Å². The van der Waals surface area contributed by atoms with Gasteiger partial charge in [0.2, 0.25) is 0 Å². The standard InChI is InChI=1S/C10H16ClN3S/c11-10-13-5-9(15-10)7-14-3-1-2-8(4-12)6-14/h5,8H,1-4,6-7,12H2/t8-/m1/s1. The van der Waals surface area contributed by atoms with E-state index in [9.17, 15) is 0 Å². The third-order valence-corrected chi connectivity index (χ3v) is 3.94. The molecule has 1 aromatic rings. The largest absolute Gasteiger partial charge is 0.330 e.